The molecular formula is C18H20N2O2. The maximum atomic E-state index is 12.3. The molecule has 0 saturated carbocycles. The van der Waals surface area contributed by atoms with Crippen molar-refractivity contribution in [3.05, 3.63) is 64.7 Å². The SMILES string of the molecule is CC(O)c1ccc2c(c1)CC(=O)N2Cc1ccc(CN)cc1. The molecule has 2 aromatic carbocycles. The van der Waals surface area contributed by atoms with Crippen LogP contribution in [0.2, 0.25) is 0 Å². The summed E-state index contributed by atoms with van der Waals surface area (Å²) >= 11 is 0. The van der Waals surface area contributed by atoms with Crippen LogP contribution in [0, 0.1) is 0 Å². The number of aliphatic hydroxyl groups is 1. The van der Waals surface area contributed by atoms with Crippen molar-refractivity contribution in [1.82, 2.24) is 0 Å². The standard InChI is InChI=1S/C18H20N2O2/c1-12(21)15-6-7-17-16(8-15)9-18(22)20(17)11-14-4-2-13(10-19)3-5-14/h2-8,12,21H,9-11,19H2,1H3. The Kier molecular flexibility index (Phi) is 3.96. The summed E-state index contributed by atoms with van der Waals surface area (Å²) in [5.74, 6) is 0.0978. The van der Waals surface area contributed by atoms with Crippen molar-refractivity contribution in [2.75, 3.05) is 4.90 Å². The van der Waals surface area contributed by atoms with Gasteiger partial charge in [-0.05, 0) is 35.2 Å². The van der Waals surface area contributed by atoms with Crippen LogP contribution >= 0.6 is 0 Å². The summed E-state index contributed by atoms with van der Waals surface area (Å²) in [6.45, 7) is 2.81. The summed E-state index contributed by atoms with van der Waals surface area (Å²) in [4.78, 5) is 14.1. The second-order valence-electron chi connectivity index (χ2n) is 5.74. The van der Waals surface area contributed by atoms with Crippen LogP contribution in [0.5, 0.6) is 0 Å². The summed E-state index contributed by atoms with van der Waals surface area (Å²) in [6.07, 6.45) is -0.116. The first-order chi connectivity index (χ1) is 10.6. The van der Waals surface area contributed by atoms with Gasteiger partial charge in [0.1, 0.15) is 0 Å². The molecule has 3 rings (SSSR count). The number of anilines is 1. The molecule has 4 heteroatoms. The van der Waals surface area contributed by atoms with E-state index in [9.17, 15) is 9.90 Å². The van der Waals surface area contributed by atoms with Crippen molar-refractivity contribution in [2.24, 2.45) is 5.73 Å². The average molecular weight is 296 g/mol. The second kappa shape index (κ2) is 5.91. The van der Waals surface area contributed by atoms with E-state index in [1.165, 1.54) is 0 Å². The van der Waals surface area contributed by atoms with E-state index in [2.05, 4.69) is 0 Å². The summed E-state index contributed by atoms with van der Waals surface area (Å²) in [7, 11) is 0. The van der Waals surface area contributed by atoms with Crippen molar-refractivity contribution in [1.29, 1.82) is 0 Å². The van der Waals surface area contributed by atoms with Gasteiger partial charge < -0.3 is 15.7 Å². The fraction of sp³-hybridized carbons (Fsp3) is 0.278. The lowest BCUT2D eigenvalue weighted by Crippen LogP contribution is -2.25. The van der Waals surface area contributed by atoms with E-state index >= 15 is 0 Å². The minimum atomic E-state index is -0.516. The lowest BCUT2D eigenvalue weighted by atomic mass is 10.0. The largest absolute Gasteiger partial charge is 0.389 e. The molecule has 1 amide bonds. The van der Waals surface area contributed by atoms with E-state index in [1.807, 2.05) is 42.5 Å². The van der Waals surface area contributed by atoms with Crippen LogP contribution in [0.25, 0.3) is 0 Å². The lowest BCUT2D eigenvalue weighted by Gasteiger charge is -2.18. The zero-order chi connectivity index (χ0) is 15.7. The minimum absolute atomic E-state index is 0.0978. The number of nitrogens with two attached hydrogens (primary N) is 1. The number of fused-ring (bicyclic) bond motifs is 1. The van der Waals surface area contributed by atoms with Gasteiger partial charge in [0, 0.05) is 12.2 Å². The van der Waals surface area contributed by atoms with Crippen LogP contribution in [-0.2, 0) is 24.3 Å². The van der Waals surface area contributed by atoms with Crippen molar-refractivity contribution in [2.45, 2.75) is 32.5 Å². The number of amides is 1. The molecule has 0 bridgehead atoms. The molecule has 0 fully saturated rings. The van der Waals surface area contributed by atoms with E-state index in [4.69, 9.17) is 5.73 Å². The van der Waals surface area contributed by atoms with E-state index in [0.717, 1.165) is 27.9 Å². The molecule has 2 aromatic rings. The quantitative estimate of drug-likeness (QED) is 0.909. The highest BCUT2D eigenvalue weighted by atomic mass is 16.3. The molecule has 1 aliphatic rings. The molecule has 0 spiro atoms. The Morgan fingerprint density at radius 3 is 2.50 bits per heavy atom. The number of hydrogen-bond acceptors (Lipinski definition) is 3. The van der Waals surface area contributed by atoms with Crippen molar-refractivity contribution < 1.29 is 9.90 Å². The summed E-state index contributed by atoms with van der Waals surface area (Å²) < 4.78 is 0. The van der Waals surface area contributed by atoms with Crippen LogP contribution < -0.4 is 10.6 Å². The number of carbonyl (C=O) groups is 1. The topological polar surface area (TPSA) is 66.6 Å². The number of nitrogens with zero attached hydrogens (tertiary/aromatic N) is 1. The molecule has 3 N–H and O–H groups in total. The predicted octanol–water partition coefficient (Wildman–Crippen LogP) is 2.29. The molecule has 22 heavy (non-hydrogen) atoms. The average Bonchev–Trinajstić information content (AvgIpc) is 2.83. The molecule has 0 aliphatic carbocycles. The second-order valence-corrected chi connectivity index (χ2v) is 5.74. The first-order valence-electron chi connectivity index (χ1n) is 7.47. The monoisotopic (exact) mass is 296 g/mol. The van der Waals surface area contributed by atoms with E-state index < -0.39 is 6.10 Å². The van der Waals surface area contributed by atoms with Gasteiger partial charge in [-0.1, -0.05) is 36.4 Å². The van der Waals surface area contributed by atoms with Gasteiger partial charge in [-0.3, -0.25) is 4.79 Å². The third-order valence-electron chi connectivity index (χ3n) is 4.12. The predicted molar refractivity (Wildman–Crippen MR) is 86.3 cm³/mol. The maximum absolute atomic E-state index is 12.3. The molecule has 1 heterocycles. The van der Waals surface area contributed by atoms with Crippen molar-refractivity contribution in [3.8, 4) is 0 Å². The Morgan fingerprint density at radius 1 is 1.18 bits per heavy atom. The first kappa shape index (κ1) is 14.8. The Balaban J connectivity index is 1.85. The Morgan fingerprint density at radius 2 is 1.86 bits per heavy atom. The molecule has 0 radical (unpaired) electrons. The van der Waals surface area contributed by atoms with Gasteiger partial charge in [0.15, 0.2) is 0 Å². The highest BCUT2D eigenvalue weighted by molar-refractivity contribution is 6.01. The van der Waals surface area contributed by atoms with Gasteiger partial charge in [-0.15, -0.1) is 0 Å². The maximum Gasteiger partial charge on any atom is 0.231 e. The molecule has 1 unspecified atom stereocenters. The van der Waals surface area contributed by atoms with Gasteiger partial charge in [0.2, 0.25) is 5.91 Å². The van der Waals surface area contributed by atoms with Crippen molar-refractivity contribution in [3.63, 3.8) is 0 Å². The van der Waals surface area contributed by atoms with Crippen LogP contribution in [0.15, 0.2) is 42.5 Å². The van der Waals surface area contributed by atoms with Crippen LogP contribution in [-0.4, -0.2) is 11.0 Å². The first-order valence-corrected chi connectivity index (χ1v) is 7.47. The van der Waals surface area contributed by atoms with E-state index in [0.29, 0.717) is 19.5 Å². The normalized spacial score (nSPS) is 15.0. The van der Waals surface area contributed by atoms with Gasteiger partial charge >= 0.3 is 0 Å². The van der Waals surface area contributed by atoms with Crippen LogP contribution in [0.1, 0.15) is 35.3 Å². The summed E-state index contributed by atoms with van der Waals surface area (Å²) in [5.41, 5.74) is 10.5. The van der Waals surface area contributed by atoms with Gasteiger partial charge in [0.05, 0.1) is 19.1 Å². The van der Waals surface area contributed by atoms with Gasteiger partial charge in [-0.25, -0.2) is 0 Å². The molecule has 4 nitrogen and oxygen atoms in total. The third kappa shape index (κ3) is 2.75. The summed E-state index contributed by atoms with van der Waals surface area (Å²) in [6, 6.07) is 13.7. The smallest absolute Gasteiger partial charge is 0.231 e. The minimum Gasteiger partial charge on any atom is -0.389 e. The fourth-order valence-electron chi connectivity index (χ4n) is 2.80. The highest BCUT2D eigenvalue weighted by Gasteiger charge is 2.27. The Bertz CT molecular complexity index is 693. The number of rotatable bonds is 4. The van der Waals surface area contributed by atoms with Crippen LogP contribution in [0.3, 0.4) is 0 Å². The molecule has 0 aromatic heterocycles. The molecule has 1 atom stereocenters. The summed E-state index contributed by atoms with van der Waals surface area (Å²) in [5, 5.41) is 9.66. The molecule has 1 aliphatic heterocycles. The molecule has 114 valence electrons. The number of aliphatic hydroxyl groups excluding tert-OH is 1. The zero-order valence-corrected chi connectivity index (χ0v) is 12.6. The Labute approximate surface area is 130 Å². The Hall–Kier alpha value is -2.17. The number of carbonyl (C=O) groups excluding carboxylic acids is 1. The van der Waals surface area contributed by atoms with Gasteiger partial charge in [0.25, 0.3) is 0 Å². The number of benzene rings is 2. The third-order valence-corrected chi connectivity index (χ3v) is 4.12. The highest BCUT2D eigenvalue weighted by Crippen LogP contribution is 2.32. The molecule has 0 saturated heterocycles. The van der Waals surface area contributed by atoms with Crippen LogP contribution in [0.4, 0.5) is 5.69 Å². The van der Waals surface area contributed by atoms with E-state index in [1.54, 1.807) is 11.8 Å². The lowest BCUT2D eigenvalue weighted by molar-refractivity contribution is -0.117. The van der Waals surface area contributed by atoms with E-state index in [-0.39, 0.29) is 5.91 Å². The number of hydrogen-bond donors (Lipinski definition) is 2. The zero-order valence-electron chi connectivity index (χ0n) is 12.6. The molecular weight excluding hydrogens is 276 g/mol. The van der Waals surface area contributed by atoms with Gasteiger partial charge in [-0.2, -0.15) is 0 Å². The fourth-order valence-corrected chi connectivity index (χ4v) is 2.80. The van der Waals surface area contributed by atoms with Crippen molar-refractivity contribution >= 4 is 11.6 Å².